The molecular formula is C22H26ClF2N3O4. The lowest BCUT2D eigenvalue weighted by Gasteiger charge is -2.20. The molecule has 0 atom stereocenters. The summed E-state index contributed by atoms with van der Waals surface area (Å²) >= 11 is 0. The second kappa shape index (κ2) is 11.4. The molecule has 0 spiro atoms. The summed E-state index contributed by atoms with van der Waals surface area (Å²) in [5.41, 5.74) is 1.71. The highest BCUT2D eigenvalue weighted by molar-refractivity contribution is 6.01. The summed E-state index contributed by atoms with van der Waals surface area (Å²) in [6.45, 7) is 6.88. The molecule has 0 bridgehead atoms. The molecule has 2 aromatic carbocycles. The van der Waals surface area contributed by atoms with Gasteiger partial charge in [-0.25, -0.2) is 22.9 Å². The fraction of sp³-hybridized carbons (Fsp3) is 0.273. The molecule has 174 valence electrons. The number of nitrogens with zero attached hydrogens (tertiary/aromatic N) is 1. The number of nitrogens with one attached hydrogen (secondary N) is 1. The van der Waals surface area contributed by atoms with Crippen molar-refractivity contribution in [2.75, 3.05) is 12.0 Å². The van der Waals surface area contributed by atoms with Gasteiger partial charge in [-0.2, -0.15) is 0 Å². The van der Waals surface area contributed by atoms with Crippen molar-refractivity contribution in [2.45, 2.75) is 33.3 Å². The van der Waals surface area contributed by atoms with E-state index in [-0.39, 0.29) is 36.0 Å². The molecule has 32 heavy (non-hydrogen) atoms. The first kappa shape index (κ1) is 26.9. The van der Waals surface area contributed by atoms with E-state index in [1.165, 1.54) is 24.3 Å². The zero-order chi connectivity index (χ0) is 23.2. The van der Waals surface area contributed by atoms with Gasteiger partial charge in [0.2, 0.25) is 0 Å². The van der Waals surface area contributed by atoms with E-state index in [2.05, 4.69) is 5.43 Å². The second-order valence-electron chi connectivity index (χ2n) is 7.37. The van der Waals surface area contributed by atoms with Crippen LogP contribution in [0.5, 0.6) is 0 Å². The van der Waals surface area contributed by atoms with E-state index in [0.717, 1.165) is 4.57 Å². The number of aromatic nitrogens is 1. The molecule has 0 saturated carbocycles. The fourth-order valence-corrected chi connectivity index (χ4v) is 2.65. The number of carbonyl (C=O) groups is 2. The number of ether oxygens (including phenoxy) is 2. The van der Waals surface area contributed by atoms with Gasteiger partial charge in [0.25, 0.3) is 0 Å². The largest absolute Gasteiger partial charge is 0.461 e. The van der Waals surface area contributed by atoms with E-state index in [1.807, 2.05) is 0 Å². The standard InChI is InChI=1S/C16H18FNO4.C6H7FN2.ClH/c1-5-21-14(19)12-9-10-7-6-8-11(17)13(10)18(12)15(20)22-16(2,3)4;7-5-3-1-2-4-6(5)9-8;/h6-9H,5H2,1-4H3;1-4,9H,8H2;1H. The molecule has 3 N–H and O–H groups in total. The van der Waals surface area contributed by atoms with Gasteiger partial charge in [-0.3, -0.25) is 5.84 Å². The fourth-order valence-electron chi connectivity index (χ4n) is 2.65. The van der Waals surface area contributed by atoms with Crippen LogP contribution in [0.2, 0.25) is 0 Å². The summed E-state index contributed by atoms with van der Waals surface area (Å²) in [5.74, 6) is 3.31. The van der Waals surface area contributed by atoms with Crippen LogP contribution < -0.4 is 11.3 Å². The van der Waals surface area contributed by atoms with Crippen LogP contribution in [0.25, 0.3) is 10.9 Å². The zero-order valence-electron chi connectivity index (χ0n) is 18.1. The van der Waals surface area contributed by atoms with Crippen molar-refractivity contribution in [3.63, 3.8) is 0 Å². The molecule has 10 heteroatoms. The SMILES string of the molecule is CCOC(=O)c1cc2cccc(F)c2n1C(=O)OC(C)(C)C.Cl.NNc1ccccc1F. The Balaban J connectivity index is 0.000000431. The Morgan fingerprint density at radius 3 is 2.22 bits per heavy atom. The number of para-hydroxylation sites is 2. The molecule has 0 fully saturated rings. The van der Waals surface area contributed by atoms with Gasteiger partial charge in [0, 0.05) is 5.39 Å². The Hall–Kier alpha value is -3.17. The summed E-state index contributed by atoms with van der Waals surface area (Å²) in [5, 5.41) is 0.425. The van der Waals surface area contributed by atoms with Gasteiger partial charge in [0.15, 0.2) is 0 Å². The molecule has 3 rings (SSSR count). The van der Waals surface area contributed by atoms with Gasteiger partial charge in [-0.1, -0.05) is 24.3 Å². The van der Waals surface area contributed by atoms with Crippen molar-refractivity contribution in [2.24, 2.45) is 5.84 Å². The van der Waals surface area contributed by atoms with Crippen LogP contribution in [-0.4, -0.2) is 28.8 Å². The van der Waals surface area contributed by atoms with E-state index in [1.54, 1.807) is 52.0 Å². The Kier molecular flexibility index (Phi) is 9.61. The maximum Gasteiger partial charge on any atom is 0.419 e. The maximum atomic E-state index is 14.1. The molecular weight excluding hydrogens is 444 g/mol. The Morgan fingerprint density at radius 1 is 1.06 bits per heavy atom. The minimum Gasteiger partial charge on any atom is -0.461 e. The predicted octanol–water partition coefficient (Wildman–Crippen LogP) is 5.27. The molecule has 1 aromatic heterocycles. The van der Waals surface area contributed by atoms with E-state index >= 15 is 0 Å². The number of hydrogen-bond acceptors (Lipinski definition) is 6. The molecule has 7 nitrogen and oxygen atoms in total. The average Bonchev–Trinajstić information content (AvgIpc) is 3.09. The van der Waals surface area contributed by atoms with Crippen LogP contribution in [0.3, 0.4) is 0 Å². The van der Waals surface area contributed by atoms with Gasteiger partial charge < -0.3 is 14.9 Å². The molecule has 0 amide bonds. The number of rotatable bonds is 3. The minimum atomic E-state index is -0.823. The summed E-state index contributed by atoms with van der Waals surface area (Å²) in [6, 6.07) is 12.0. The first-order valence-corrected chi connectivity index (χ1v) is 9.50. The number of carbonyl (C=O) groups excluding carboxylic acids is 2. The molecule has 3 aromatic rings. The number of anilines is 1. The maximum absolute atomic E-state index is 14.1. The van der Waals surface area contributed by atoms with Gasteiger partial charge >= 0.3 is 12.1 Å². The van der Waals surface area contributed by atoms with Gasteiger partial charge in [0.05, 0.1) is 17.8 Å². The number of benzene rings is 2. The third-order valence-electron chi connectivity index (χ3n) is 3.86. The van der Waals surface area contributed by atoms with Crippen LogP contribution in [-0.2, 0) is 9.47 Å². The molecule has 0 radical (unpaired) electrons. The molecule has 1 heterocycles. The van der Waals surface area contributed by atoms with Crippen LogP contribution in [0.15, 0.2) is 48.5 Å². The van der Waals surface area contributed by atoms with E-state index < -0.39 is 23.5 Å². The third-order valence-corrected chi connectivity index (χ3v) is 3.86. The summed E-state index contributed by atoms with van der Waals surface area (Å²) in [6.07, 6.45) is -0.823. The number of fused-ring (bicyclic) bond motifs is 1. The lowest BCUT2D eigenvalue weighted by Crippen LogP contribution is -2.29. The van der Waals surface area contributed by atoms with E-state index in [4.69, 9.17) is 15.3 Å². The first-order chi connectivity index (χ1) is 14.6. The van der Waals surface area contributed by atoms with Crippen molar-refractivity contribution in [1.82, 2.24) is 4.57 Å². The first-order valence-electron chi connectivity index (χ1n) is 9.50. The lowest BCUT2D eigenvalue weighted by molar-refractivity contribution is 0.0453. The topological polar surface area (TPSA) is 95.6 Å². The number of hydrazine groups is 1. The van der Waals surface area contributed by atoms with Crippen LogP contribution in [0, 0.1) is 11.6 Å². The number of halogens is 3. The van der Waals surface area contributed by atoms with Gasteiger partial charge in [-0.15, -0.1) is 12.4 Å². The van der Waals surface area contributed by atoms with E-state index in [9.17, 15) is 18.4 Å². The molecule has 0 unspecified atom stereocenters. The molecule has 0 saturated heterocycles. The van der Waals surface area contributed by atoms with Gasteiger partial charge in [-0.05, 0) is 52.0 Å². The normalized spacial score (nSPS) is 10.5. The number of nitrogen functional groups attached to an aromatic ring is 1. The second-order valence-corrected chi connectivity index (χ2v) is 7.37. The molecule has 0 aliphatic rings. The van der Waals surface area contributed by atoms with Crippen molar-refractivity contribution >= 4 is 41.1 Å². The Labute approximate surface area is 190 Å². The molecule has 0 aliphatic heterocycles. The minimum absolute atomic E-state index is 0. The highest BCUT2D eigenvalue weighted by atomic mass is 35.5. The van der Waals surface area contributed by atoms with E-state index in [0.29, 0.717) is 11.1 Å². The smallest absolute Gasteiger partial charge is 0.419 e. The summed E-state index contributed by atoms with van der Waals surface area (Å²) in [7, 11) is 0. The Bertz CT molecular complexity index is 1080. The number of esters is 1. The highest BCUT2D eigenvalue weighted by Crippen LogP contribution is 2.25. The molecule has 0 aliphatic carbocycles. The predicted molar refractivity (Wildman–Crippen MR) is 121 cm³/mol. The third kappa shape index (κ3) is 6.66. The monoisotopic (exact) mass is 469 g/mol. The zero-order valence-corrected chi connectivity index (χ0v) is 19.0. The quantitative estimate of drug-likeness (QED) is 0.308. The van der Waals surface area contributed by atoms with Crippen molar-refractivity contribution in [3.8, 4) is 0 Å². The van der Waals surface area contributed by atoms with Crippen LogP contribution >= 0.6 is 12.4 Å². The lowest BCUT2D eigenvalue weighted by atomic mass is 10.2. The number of hydrogen-bond donors (Lipinski definition) is 2. The van der Waals surface area contributed by atoms with Gasteiger partial charge in [0.1, 0.15) is 22.9 Å². The van der Waals surface area contributed by atoms with Crippen LogP contribution in [0.4, 0.5) is 19.3 Å². The highest BCUT2D eigenvalue weighted by Gasteiger charge is 2.27. The number of nitrogens with two attached hydrogens (primary N) is 1. The van der Waals surface area contributed by atoms with Crippen molar-refractivity contribution in [1.29, 1.82) is 0 Å². The van der Waals surface area contributed by atoms with Crippen LogP contribution in [0.1, 0.15) is 38.2 Å². The average molecular weight is 470 g/mol. The van der Waals surface area contributed by atoms with Crippen molar-refractivity contribution < 1.29 is 27.8 Å². The Morgan fingerprint density at radius 2 is 1.69 bits per heavy atom. The van der Waals surface area contributed by atoms with Crippen molar-refractivity contribution in [3.05, 3.63) is 65.9 Å². The summed E-state index contributed by atoms with van der Waals surface area (Å²) < 4.78 is 37.7. The summed E-state index contributed by atoms with van der Waals surface area (Å²) in [4.78, 5) is 24.4.